The highest BCUT2D eigenvalue weighted by molar-refractivity contribution is 6.04. The molecule has 5 N–H and O–H groups in total. The Morgan fingerprint density at radius 3 is 2.44 bits per heavy atom. The van der Waals surface area contributed by atoms with E-state index < -0.39 is 11.7 Å². The lowest BCUT2D eigenvalue weighted by Gasteiger charge is -2.18. The number of rotatable bonds is 3. The van der Waals surface area contributed by atoms with Crippen LogP contribution in [0.1, 0.15) is 20.7 Å². The van der Waals surface area contributed by atoms with Crippen molar-refractivity contribution < 1.29 is 23.5 Å². The van der Waals surface area contributed by atoms with Gasteiger partial charge in [0.25, 0.3) is 5.91 Å². The molecule has 4 aromatic rings. The van der Waals surface area contributed by atoms with Gasteiger partial charge in [-0.1, -0.05) is 6.07 Å². The SMILES string of the molecule is NC(=O)c1ccc2ncccc2c1.Nc1cc(NC(=O)c2ccc3c(c2)OCCO3)ccc1F. The zero-order valence-corrected chi connectivity index (χ0v) is 18.0. The average molecular weight is 460 g/mol. The van der Waals surface area contributed by atoms with Crippen LogP contribution in [0, 0.1) is 5.82 Å². The summed E-state index contributed by atoms with van der Waals surface area (Å²) in [4.78, 5) is 27.1. The molecule has 0 saturated heterocycles. The molecular weight excluding hydrogens is 439 g/mol. The van der Waals surface area contributed by atoms with Gasteiger partial charge in [0.15, 0.2) is 11.5 Å². The summed E-state index contributed by atoms with van der Waals surface area (Å²) in [5.41, 5.74) is 12.8. The van der Waals surface area contributed by atoms with E-state index in [0.717, 1.165) is 10.9 Å². The molecule has 5 rings (SSSR count). The fourth-order valence-corrected chi connectivity index (χ4v) is 3.24. The smallest absolute Gasteiger partial charge is 0.255 e. The van der Waals surface area contributed by atoms with Gasteiger partial charge in [0.2, 0.25) is 5.91 Å². The van der Waals surface area contributed by atoms with Crippen LogP contribution in [-0.4, -0.2) is 30.0 Å². The lowest BCUT2D eigenvalue weighted by atomic mass is 10.1. The Kier molecular flexibility index (Phi) is 6.54. The number of fused-ring (bicyclic) bond motifs is 2. The maximum atomic E-state index is 13.1. The van der Waals surface area contributed by atoms with Crippen molar-refractivity contribution in [3.63, 3.8) is 0 Å². The monoisotopic (exact) mass is 460 g/mol. The van der Waals surface area contributed by atoms with Crippen LogP contribution in [0.2, 0.25) is 0 Å². The standard InChI is InChI=1S/C15H13FN2O3.C10H8N2O/c16-11-3-2-10(8-12(11)17)18-15(19)9-1-4-13-14(7-9)21-6-5-20-13;11-10(13)8-3-4-9-7(6-8)2-1-5-12-9/h1-4,7-8H,5-6,17H2,(H,18,19);1-6H,(H2,11,13). The third kappa shape index (κ3) is 5.21. The number of pyridine rings is 1. The van der Waals surface area contributed by atoms with E-state index in [-0.39, 0.29) is 11.6 Å². The lowest BCUT2D eigenvalue weighted by Crippen LogP contribution is -2.17. The molecule has 0 fully saturated rings. The number of carbonyl (C=O) groups excluding carboxylic acids is 2. The maximum absolute atomic E-state index is 13.1. The normalized spacial score (nSPS) is 11.8. The second-order valence-electron chi connectivity index (χ2n) is 7.32. The molecule has 3 aromatic carbocycles. The molecule has 9 heteroatoms. The number of ether oxygens (including phenoxy) is 2. The second kappa shape index (κ2) is 9.86. The molecule has 0 bridgehead atoms. The number of aromatic nitrogens is 1. The highest BCUT2D eigenvalue weighted by Crippen LogP contribution is 2.31. The number of amides is 2. The minimum Gasteiger partial charge on any atom is -0.486 e. The van der Waals surface area contributed by atoms with Crippen molar-refractivity contribution in [2.75, 3.05) is 24.3 Å². The Balaban J connectivity index is 0.000000180. The van der Waals surface area contributed by atoms with Gasteiger partial charge in [0, 0.05) is 28.4 Å². The molecule has 172 valence electrons. The zero-order valence-electron chi connectivity index (χ0n) is 18.0. The van der Waals surface area contributed by atoms with Gasteiger partial charge in [-0.3, -0.25) is 14.6 Å². The first-order chi connectivity index (χ1) is 16.4. The van der Waals surface area contributed by atoms with Crippen LogP contribution < -0.4 is 26.3 Å². The predicted molar refractivity (Wildman–Crippen MR) is 126 cm³/mol. The van der Waals surface area contributed by atoms with E-state index >= 15 is 0 Å². The van der Waals surface area contributed by atoms with Crippen molar-refractivity contribution in [2.45, 2.75) is 0 Å². The molecule has 0 unspecified atom stereocenters. The van der Waals surface area contributed by atoms with E-state index in [1.54, 1.807) is 42.6 Å². The van der Waals surface area contributed by atoms with E-state index in [1.165, 1.54) is 18.2 Å². The summed E-state index contributed by atoms with van der Waals surface area (Å²) in [7, 11) is 0. The maximum Gasteiger partial charge on any atom is 0.255 e. The van der Waals surface area contributed by atoms with Crippen LogP contribution in [0.5, 0.6) is 11.5 Å². The van der Waals surface area contributed by atoms with E-state index in [4.69, 9.17) is 20.9 Å². The molecular formula is C25H21FN4O4. The summed E-state index contributed by atoms with van der Waals surface area (Å²) in [5, 5.41) is 3.58. The first-order valence-corrected chi connectivity index (χ1v) is 10.3. The first kappa shape index (κ1) is 22.5. The van der Waals surface area contributed by atoms with E-state index in [9.17, 15) is 14.0 Å². The number of hydrogen-bond acceptors (Lipinski definition) is 6. The van der Waals surface area contributed by atoms with Gasteiger partial charge < -0.3 is 26.3 Å². The van der Waals surface area contributed by atoms with E-state index in [2.05, 4.69) is 10.3 Å². The summed E-state index contributed by atoms with van der Waals surface area (Å²) in [5.74, 6) is -0.118. The van der Waals surface area contributed by atoms with Crippen LogP contribution in [0.3, 0.4) is 0 Å². The van der Waals surface area contributed by atoms with Gasteiger partial charge >= 0.3 is 0 Å². The summed E-state index contributed by atoms with van der Waals surface area (Å²) in [6, 6.07) is 17.9. The van der Waals surface area contributed by atoms with Crippen LogP contribution in [0.15, 0.2) is 72.9 Å². The van der Waals surface area contributed by atoms with Crippen molar-refractivity contribution >= 4 is 34.1 Å². The Bertz CT molecular complexity index is 1380. The summed E-state index contributed by atoms with van der Waals surface area (Å²) >= 11 is 0. The summed E-state index contributed by atoms with van der Waals surface area (Å²) < 4.78 is 23.9. The fraction of sp³-hybridized carbons (Fsp3) is 0.0800. The largest absolute Gasteiger partial charge is 0.486 e. The Labute approximate surface area is 194 Å². The third-order valence-corrected chi connectivity index (χ3v) is 4.95. The third-order valence-electron chi connectivity index (χ3n) is 4.95. The fourth-order valence-electron chi connectivity index (χ4n) is 3.24. The van der Waals surface area contributed by atoms with Gasteiger partial charge in [0.05, 0.1) is 11.2 Å². The van der Waals surface area contributed by atoms with Crippen molar-refractivity contribution in [1.29, 1.82) is 0 Å². The highest BCUT2D eigenvalue weighted by atomic mass is 19.1. The molecule has 2 heterocycles. The Morgan fingerprint density at radius 1 is 0.912 bits per heavy atom. The average Bonchev–Trinajstić information content (AvgIpc) is 2.86. The molecule has 1 aliphatic heterocycles. The van der Waals surface area contributed by atoms with Crippen LogP contribution in [0.25, 0.3) is 10.9 Å². The molecule has 1 aliphatic rings. The number of halogens is 1. The van der Waals surface area contributed by atoms with Crippen molar-refractivity contribution in [3.8, 4) is 11.5 Å². The van der Waals surface area contributed by atoms with Crippen molar-refractivity contribution in [3.05, 3.63) is 89.9 Å². The van der Waals surface area contributed by atoms with Gasteiger partial charge in [-0.05, 0) is 60.7 Å². The van der Waals surface area contributed by atoms with Crippen LogP contribution in [-0.2, 0) is 0 Å². The molecule has 0 atom stereocenters. The number of nitrogens with two attached hydrogens (primary N) is 2. The van der Waals surface area contributed by atoms with Gasteiger partial charge in [-0.2, -0.15) is 0 Å². The lowest BCUT2D eigenvalue weighted by molar-refractivity contribution is 0.0997. The van der Waals surface area contributed by atoms with Gasteiger partial charge in [0.1, 0.15) is 19.0 Å². The molecule has 0 saturated carbocycles. The highest BCUT2D eigenvalue weighted by Gasteiger charge is 2.15. The molecule has 8 nitrogen and oxygen atoms in total. The number of nitrogen functional groups attached to an aromatic ring is 1. The zero-order chi connectivity index (χ0) is 24.1. The molecule has 0 radical (unpaired) electrons. The number of benzene rings is 3. The van der Waals surface area contributed by atoms with E-state index in [1.807, 2.05) is 12.1 Å². The number of anilines is 2. The van der Waals surface area contributed by atoms with Crippen LogP contribution >= 0.6 is 0 Å². The molecule has 1 aromatic heterocycles. The summed E-state index contributed by atoms with van der Waals surface area (Å²) in [6.45, 7) is 0.944. The first-order valence-electron chi connectivity index (χ1n) is 10.3. The molecule has 0 spiro atoms. The minimum absolute atomic E-state index is 0.0185. The molecule has 2 amide bonds. The van der Waals surface area contributed by atoms with Crippen LogP contribution in [0.4, 0.5) is 15.8 Å². The number of nitrogens with zero attached hydrogens (tertiary/aromatic N) is 1. The Morgan fingerprint density at radius 2 is 1.68 bits per heavy atom. The van der Waals surface area contributed by atoms with E-state index in [0.29, 0.717) is 41.5 Å². The second-order valence-corrected chi connectivity index (χ2v) is 7.32. The topological polar surface area (TPSA) is 130 Å². The number of hydrogen-bond donors (Lipinski definition) is 3. The van der Waals surface area contributed by atoms with Crippen molar-refractivity contribution in [2.24, 2.45) is 5.73 Å². The molecule has 34 heavy (non-hydrogen) atoms. The predicted octanol–water partition coefficient (Wildman–Crippen LogP) is 3.77. The molecule has 0 aliphatic carbocycles. The summed E-state index contributed by atoms with van der Waals surface area (Å²) in [6.07, 6.45) is 1.71. The Hall–Kier alpha value is -4.66. The van der Waals surface area contributed by atoms with Gasteiger partial charge in [-0.15, -0.1) is 0 Å². The number of nitrogens with one attached hydrogen (secondary N) is 1. The van der Waals surface area contributed by atoms with Crippen molar-refractivity contribution in [1.82, 2.24) is 4.98 Å². The minimum atomic E-state index is -0.521. The number of carbonyl (C=O) groups is 2. The number of primary amides is 1. The van der Waals surface area contributed by atoms with Gasteiger partial charge in [-0.25, -0.2) is 4.39 Å². The quantitative estimate of drug-likeness (QED) is 0.399.